The molecule has 0 bridgehead atoms. The Kier molecular flexibility index (Phi) is 4.96. The van der Waals surface area contributed by atoms with Crippen LogP contribution in [0, 0.1) is 0 Å². The number of carbonyl (C=O) groups excluding carboxylic acids is 1. The predicted molar refractivity (Wildman–Crippen MR) is 82.2 cm³/mol. The van der Waals surface area contributed by atoms with Gasteiger partial charge in [-0.05, 0) is 39.8 Å². The van der Waals surface area contributed by atoms with Crippen LogP contribution in [-0.4, -0.2) is 53.2 Å². The topological polar surface area (TPSA) is 54.5 Å². The molecule has 0 aliphatic carbocycles. The first-order valence-corrected chi connectivity index (χ1v) is 7.47. The van der Waals surface area contributed by atoms with E-state index < -0.39 is 0 Å². The molecule has 1 aromatic heterocycles. The average molecular weight is 291 g/mol. The van der Waals surface area contributed by atoms with Crippen molar-refractivity contribution in [1.82, 2.24) is 15.2 Å². The van der Waals surface area contributed by atoms with Gasteiger partial charge in [0.25, 0.3) is 5.91 Å². The van der Waals surface area contributed by atoms with Crippen molar-refractivity contribution in [2.75, 3.05) is 19.6 Å². The highest BCUT2D eigenvalue weighted by atomic mass is 16.5. The van der Waals surface area contributed by atoms with Gasteiger partial charge < -0.3 is 10.1 Å². The molecule has 1 saturated heterocycles. The molecule has 21 heavy (non-hydrogen) atoms. The van der Waals surface area contributed by atoms with Gasteiger partial charge in [0.2, 0.25) is 0 Å². The summed E-state index contributed by atoms with van der Waals surface area (Å²) in [5, 5.41) is 3.02. The quantitative estimate of drug-likeness (QED) is 0.917. The normalized spacial score (nSPS) is 23.8. The zero-order valence-electron chi connectivity index (χ0n) is 13.3. The average Bonchev–Trinajstić information content (AvgIpc) is 2.45. The molecule has 0 unspecified atom stereocenters. The van der Waals surface area contributed by atoms with E-state index in [1.54, 1.807) is 24.5 Å². The summed E-state index contributed by atoms with van der Waals surface area (Å²) >= 11 is 0. The Morgan fingerprint density at radius 3 is 2.48 bits per heavy atom. The van der Waals surface area contributed by atoms with Gasteiger partial charge in [0.1, 0.15) is 0 Å². The molecule has 116 valence electrons. The van der Waals surface area contributed by atoms with Gasteiger partial charge in [-0.25, -0.2) is 0 Å². The Bertz CT molecular complexity index is 466. The SMILES string of the molecule is C[C@H]1CN(C(C)(C)CNC(=O)c2ccncc2)C[C@H](C)O1. The summed E-state index contributed by atoms with van der Waals surface area (Å²) in [7, 11) is 0. The predicted octanol–water partition coefficient (Wildman–Crippen LogP) is 1.70. The lowest BCUT2D eigenvalue weighted by molar-refractivity contribution is -0.0948. The van der Waals surface area contributed by atoms with E-state index in [-0.39, 0.29) is 23.7 Å². The van der Waals surface area contributed by atoms with Gasteiger partial charge in [-0.2, -0.15) is 0 Å². The van der Waals surface area contributed by atoms with Crippen LogP contribution in [0.15, 0.2) is 24.5 Å². The number of hydrogen-bond acceptors (Lipinski definition) is 4. The van der Waals surface area contributed by atoms with E-state index in [0.29, 0.717) is 12.1 Å². The molecule has 1 aliphatic heterocycles. The first kappa shape index (κ1) is 15.9. The number of pyridine rings is 1. The zero-order valence-corrected chi connectivity index (χ0v) is 13.3. The van der Waals surface area contributed by atoms with Crippen LogP contribution in [0.2, 0.25) is 0 Å². The van der Waals surface area contributed by atoms with Gasteiger partial charge in [0.05, 0.1) is 12.2 Å². The molecule has 5 heteroatoms. The van der Waals surface area contributed by atoms with E-state index in [1.165, 1.54) is 0 Å². The van der Waals surface area contributed by atoms with Crippen molar-refractivity contribution in [3.05, 3.63) is 30.1 Å². The third-order valence-corrected chi connectivity index (χ3v) is 3.90. The number of ether oxygens (including phenoxy) is 1. The number of nitrogens with zero attached hydrogens (tertiary/aromatic N) is 2. The number of carbonyl (C=O) groups is 1. The van der Waals surface area contributed by atoms with Crippen LogP contribution in [0.5, 0.6) is 0 Å². The summed E-state index contributed by atoms with van der Waals surface area (Å²) in [5.41, 5.74) is 0.541. The van der Waals surface area contributed by atoms with Gasteiger partial charge in [0, 0.05) is 43.1 Å². The van der Waals surface area contributed by atoms with Crippen molar-refractivity contribution in [3.8, 4) is 0 Å². The molecule has 0 spiro atoms. The molecule has 0 aromatic carbocycles. The molecule has 1 N–H and O–H groups in total. The smallest absolute Gasteiger partial charge is 0.251 e. The molecular weight excluding hydrogens is 266 g/mol. The van der Waals surface area contributed by atoms with Gasteiger partial charge in [-0.15, -0.1) is 0 Å². The van der Waals surface area contributed by atoms with Gasteiger partial charge in [-0.1, -0.05) is 0 Å². The van der Waals surface area contributed by atoms with Crippen LogP contribution < -0.4 is 5.32 Å². The minimum Gasteiger partial charge on any atom is -0.373 e. The van der Waals surface area contributed by atoms with Crippen molar-refractivity contribution < 1.29 is 9.53 Å². The first-order chi connectivity index (χ1) is 9.88. The molecule has 1 aromatic rings. The maximum atomic E-state index is 12.1. The van der Waals surface area contributed by atoms with Crippen LogP contribution in [-0.2, 0) is 4.74 Å². The second-order valence-electron chi connectivity index (χ2n) is 6.39. The number of morpholine rings is 1. The molecule has 2 atom stereocenters. The second-order valence-corrected chi connectivity index (χ2v) is 6.39. The number of aromatic nitrogens is 1. The standard InChI is InChI=1S/C16H25N3O2/c1-12-9-19(10-13(2)21-12)16(3,4)11-18-15(20)14-5-7-17-8-6-14/h5-8,12-13H,9-11H2,1-4H3,(H,18,20)/t12-,13-/m0/s1. The fraction of sp³-hybridized carbons (Fsp3) is 0.625. The number of rotatable bonds is 4. The maximum absolute atomic E-state index is 12.1. The van der Waals surface area contributed by atoms with Crippen molar-refractivity contribution in [1.29, 1.82) is 0 Å². The van der Waals surface area contributed by atoms with Gasteiger partial charge >= 0.3 is 0 Å². The van der Waals surface area contributed by atoms with E-state index in [2.05, 4.69) is 42.9 Å². The highest BCUT2D eigenvalue weighted by molar-refractivity contribution is 5.94. The number of amides is 1. The lowest BCUT2D eigenvalue weighted by Gasteiger charge is -2.45. The van der Waals surface area contributed by atoms with Crippen LogP contribution in [0.1, 0.15) is 38.1 Å². The second kappa shape index (κ2) is 6.54. The summed E-state index contributed by atoms with van der Waals surface area (Å²) in [6.07, 6.45) is 3.71. The van der Waals surface area contributed by atoms with E-state index in [4.69, 9.17) is 4.74 Å². The molecule has 5 nitrogen and oxygen atoms in total. The zero-order chi connectivity index (χ0) is 15.5. The van der Waals surface area contributed by atoms with E-state index in [0.717, 1.165) is 13.1 Å². The minimum atomic E-state index is -0.102. The largest absolute Gasteiger partial charge is 0.373 e. The minimum absolute atomic E-state index is 0.0557. The molecule has 2 rings (SSSR count). The van der Waals surface area contributed by atoms with E-state index >= 15 is 0 Å². The van der Waals surface area contributed by atoms with Gasteiger partial charge in [-0.3, -0.25) is 14.7 Å². The monoisotopic (exact) mass is 291 g/mol. The van der Waals surface area contributed by atoms with E-state index in [1.807, 2.05) is 0 Å². The van der Waals surface area contributed by atoms with Crippen molar-refractivity contribution >= 4 is 5.91 Å². The Labute approximate surface area is 126 Å². The van der Waals surface area contributed by atoms with E-state index in [9.17, 15) is 4.79 Å². The number of hydrogen-bond donors (Lipinski definition) is 1. The maximum Gasteiger partial charge on any atom is 0.251 e. The Balaban J connectivity index is 1.93. The van der Waals surface area contributed by atoms with Crippen LogP contribution in [0.3, 0.4) is 0 Å². The first-order valence-electron chi connectivity index (χ1n) is 7.47. The van der Waals surface area contributed by atoms with Gasteiger partial charge in [0.15, 0.2) is 0 Å². The Morgan fingerprint density at radius 1 is 1.33 bits per heavy atom. The van der Waals surface area contributed by atoms with Crippen LogP contribution in [0.4, 0.5) is 0 Å². The third kappa shape index (κ3) is 4.25. The fourth-order valence-electron chi connectivity index (χ4n) is 2.69. The third-order valence-electron chi connectivity index (χ3n) is 3.90. The molecular formula is C16H25N3O2. The summed E-state index contributed by atoms with van der Waals surface area (Å²) in [6.45, 7) is 10.9. The molecule has 2 heterocycles. The van der Waals surface area contributed by atoms with Crippen LogP contribution in [0.25, 0.3) is 0 Å². The highest BCUT2D eigenvalue weighted by Crippen LogP contribution is 2.20. The van der Waals surface area contributed by atoms with Crippen molar-refractivity contribution in [2.24, 2.45) is 0 Å². The van der Waals surface area contributed by atoms with Crippen molar-refractivity contribution in [3.63, 3.8) is 0 Å². The summed E-state index contributed by atoms with van der Waals surface area (Å²) in [6, 6.07) is 3.45. The summed E-state index contributed by atoms with van der Waals surface area (Å²) < 4.78 is 5.77. The summed E-state index contributed by atoms with van der Waals surface area (Å²) in [4.78, 5) is 18.4. The fourth-order valence-corrected chi connectivity index (χ4v) is 2.69. The molecule has 1 aliphatic rings. The highest BCUT2D eigenvalue weighted by Gasteiger charge is 2.33. The Hall–Kier alpha value is -1.46. The summed E-state index contributed by atoms with van der Waals surface area (Å²) in [5.74, 6) is -0.0557. The molecule has 1 amide bonds. The lowest BCUT2D eigenvalue weighted by atomic mass is 10.00. The molecule has 0 radical (unpaired) electrons. The lowest BCUT2D eigenvalue weighted by Crippen LogP contribution is -2.58. The Morgan fingerprint density at radius 2 is 1.90 bits per heavy atom. The van der Waals surface area contributed by atoms with Crippen LogP contribution >= 0.6 is 0 Å². The number of nitrogens with one attached hydrogen (secondary N) is 1. The van der Waals surface area contributed by atoms with Crippen molar-refractivity contribution in [2.45, 2.75) is 45.4 Å². The molecule has 1 fully saturated rings. The molecule has 0 saturated carbocycles.